The Hall–Kier alpha value is -2.22. The Bertz CT molecular complexity index is 613. The molecule has 0 spiro atoms. The maximum Gasteiger partial charge on any atom is 0.416 e. The van der Waals surface area contributed by atoms with Gasteiger partial charge in [-0.05, 0) is 29.8 Å². The molecule has 0 atom stereocenters. The van der Waals surface area contributed by atoms with E-state index in [1.54, 1.807) is 6.07 Å². The van der Waals surface area contributed by atoms with Crippen molar-refractivity contribution >= 4 is 5.82 Å². The molecule has 2 aromatic rings. The quantitative estimate of drug-likeness (QED) is 0.517. The summed E-state index contributed by atoms with van der Waals surface area (Å²) in [6.07, 6.45) is -3.17. The van der Waals surface area contributed by atoms with Crippen LogP contribution in [-0.4, -0.2) is 10.2 Å². The molecule has 0 fully saturated rings. The Morgan fingerprint density at radius 3 is 2.60 bits per heavy atom. The molecular weight excluding hydrogens is 276 g/mol. The summed E-state index contributed by atoms with van der Waals surface area (Å²) in [4.78, 5) is 0. The smallest absolute Gasteiger partial charge is 0.307 e. The fourth-order valence-corrected chi connectivity index (χ4v) is 1.76. The molecule has 0 bridgehead atoms. The van der Waals surface area contributed by atoms with E-state index in [1.807, 2.05) is 0 Å². The second-order valence-electron chi connectivity index (χ2n) is 4.07. The number of benzene rings is 1. The lowest BCUT2D eigenvalue weighted by atomic mass is 10.0. The van der Waals surface area contributed by atoms with Crippen LogP contribution in [0.3, 0.4) is 0 Å². The highest BCUT2D eigenvalue weighted by molar-refractivity contribution is 5.44. The van der Waals surface area contributed by atoms with Gasteiger partial charge in [0.15, 0.2) is 5.82 Å². The fourth-order valence-electron chi connectivity index (χ4n) is 1.76. The molecule has 1 aromatic carbocycles. The Kier molecular flexibility index (Phi) is 3.84. The van der Waals surface area contributed by atoms with Crippen molar-refractivity contribution in [1.82, 2.24) is 10.2 Å². The Balaban J connectivity index is 2.36. The van der Waals surface area contributed by atoms with Crippen LogP contribution in [0.1, 0.15) is 16.7 Å². The molecule has 8 heteroatoms. The molecule has 0 saturated carbocycles. The SMILES string of the molecule is NNc1nnccc1Cc1cc(F)cc(C(F)(F)F)c1. The van der Waals surface area contributed by atoms with Crippen LogP contribution in [0.5, 0.6) is 0 Å². The van der Waals surface area contributed by atoms with Crippen molar-refractivity contribution in [3.63, 3.8) is 0 Å². The van der Waals surface area contributed by atoms with E-state index in [0.717, 1.165) is 12.1 Å². The number of hydrogen-bond donors (Lipinski definition) is 2. The zero-order valence-corrected chi connectivity index (χ0v) is 10.1. The summed E-state index contributed by atoms with van der Waals surface area (Å²) in [6.45, 7) is 0. The molecule has 4 nitrogen and oxygen atoms in total. The first-order chi connectivity index (χ1) is 9.40. The largest absolute Gasteiger partial charge is 0.416 e. The summed E-state index contributed by atoms with van der Waals surface area (Å²) in [5, 5.41) is 7.27. The van der Waals surface area contributed by atoms with Crippen molar-refractivity contribution in [2.45, 2.75) is 12.6 Å². The molecule has 106 valence electrons. The van der Waals surface area contributed by atoms with Gasteiger partial charge in [0.05, 0.1) is 11.8 Å². The molecule has 0 aliphatic rings. The van der Waals surface area contributed by atoms with Crippen molar-refractivity contribution in [2.24, 2.45) is 5.84 Å². The zero-order valence-electron chi connectivity index (χ0n) is 10.1. The molecule has 1 heterocycles. The van der Waals surface area contributed by atoms with Gasteiger partial charge in [-0.15, -0.1) is 5.10 Å². The summed E-state index contributed by atoms with van der Waals surface area (Å²) in [7, 11) is 0. The van der Waals surface area contributed by atoms with E-state index in [1.165, 1.54) is 6.20 Å². The molecule has 3 N–H and O–H groups in total. The summed E-state index contributed by atoms with van der Waals surface area (Å²) < 4.78 is 51.1. The zero-order chi connectivity index (χ0) is 14.8. The van der Waals surface area contributed by atoms with E-state index < -0.39 is 17.6 Å². The summed E-state index contributed by atoms with van der Waals surface area (Å²) in [5.74, 6) is 4.51. The molecule has 0 aliphatic carbocycles. The molecule has 2 rings (SSSR count). The van der Waals surface area contributed by atoms with Crippen molar-refractivity contribution < 1.29 is 17.6 Å². The highest BCUT2D eigenvalue weighted by Crippen LogP contribution is 2.31. The minimum atomic E-state index is -4.59. The van der Waals surface area contributed by atoms with Gasteiger partial charge in [0.2, 0.25) is 0 Å². The van der Waals surface area contributed by atoms with Gasteiger partial charge in [-0.2, -0.15) is 18.3 Å². The van der Waals surface area contributed by atoms with Crippen molar-refractivity contribution in [2.75, 3.05) is 5.43 Å². The second-order valence-corrected chi connectivity index (χ2v) is 4.07. The number of aromatic nitrogens is 2. The van der Waals surface area contributed by atoms with Crippen LogP contribution in [-0.2, 0) is 12.6 Å². The van der Waals surface area contributed by atoms with E-state index in [9.17, 15) is 17.6 Å². The van der Waals surface area contributed by atoms with E-state index in [4.69, 9.17) is 5.84 Å². The Labute approximate surface area is 111 Å². The van der Waals surface area contributed by atoms with Gasteiger partial charge in [0.25, 0.3) is 0 Å². The number of alkyl halides is 3. The predicted octanol–water partition coefficient (Wildman–Crippen LogP) is 2.51. The lowest BCUT2D eigenvalue weighted by Gasteiger charge is -2.10. The number of halogens is 4. The minimum absolute atomic E-state index is 0.0515. The summed E-state index contributed by atoms with van der Waals surface area (Å²) in [5.41, 5.74) is 1.94. The van der Waals surface area contributed by atoms with Gasteiger partial charge in [-0.1, -0.05) is 0 Å². The van der Waals surface area contributed by atoms with Crippen LogP contribution in [0.15, 0.2) is 30.5 Å². The number of hydrazine groups is 1. The topological polar surface area (TPSA) is 63.8 Å². The molecule has 0 radical (unpaired) electrons. The van der Waals surface area contributed by atoms with E-state index in [0.29, 0.717) is 11.6 Å². The van der Waals surface area contributed by atoms with Gasteiger partial charge >= 0.3 is 6.18 Å². The third-order valence-electron chi connectivity index (χ3n) is 2.62. The molecule has 0 unspecified atom stereocenters. The van der Waals surface area contributed by atoms with Gasteiger partial charge in [-0.3, -0.25) is 0 Å². The number of rotatable bonds is 3. The third kappa shape index (κ3) is 3.21. The predicted molar refractivity (Wildman–Crippen MR) is 64.1 cm³/mol. The monoisotopic (exact) mass is 286 g/mol. The first-order valence-corrected chi connectivity index (χ1v) is 5.54. The van der Waals surface area contributed by atoms with E-state index in [2.05, 4.69) is 15.6 Å². The van der Waals surface area contributed by atoms with Crippen molar-refractivity contribution in [3.05, 3.63) is 53.0 Å². The highest BCUT2D eigenvalue weighted by atomic mass is 19.4. The van der Waals surface area contributed by atoms with Crippen LogP contribution in [0.4, 0.5) is 23.4 Å². The first-order valence-electron chi connectivity index (χ1n) is 5.54. The Morgan fingerprint density at radius 2 is 1.95 bits per heavy atom. The van der Waals surface area contributed by atoms with Crippen LogP contribution in [0.25, 0.3) is 0 Å². The van der Waals surface area contributed by atoms with E-state index >= 15 is 0 Å². The maximum atomic E-state index is 13.3. The number of nitrogens with one attached hydrogen (secondary N) is 1. The number of nitrogens with zero attached hydrogens (tertiary/aromatic N) is 2. The van der Waals surface area contributed by atoms with Crippen LogP contribution >= 0.6 is 0 Å². The average molecular weight is 286 g/mol. The van der Waals surface area contributed by atoms with Gasteiger partial charge < -0.3 is 5.43 Å². The molecule has 20 heavy (non-hydrogen) atoms. The number of nitrogen functional groups attached to an aromatic ring is 1. The van der Waals surface area contributed by atoms with Gasteiger partial charge in [0.1, 0.15) is 5.82 Å². The number of anilines is 1. The standard InChI is InChI=1S/C12H10F4N4/c13-10-5-7(4-9(6-10)12(14,15)16)3-8-1-2-18-20-11(8)19-17/h1-2,4-6H,3,17H2,(H,19,20). The van der Waals surface area contributed by atoms with Crippen LogP contribution < -0.4 is 11.3 Å². The lowest BCUT2D eigenvalue weighted by molar-refractivity contribution is -0.137. The van der Waals surface area contributed by atoms with E-state index in [-0.39, 0.29) is 17.8 Å². The molecule has 0 saturated heterocycles. The van der Waals surface area contributed by atoms with Crippen molar-refractivity contribution in [3.8, 4) is 0 Å². The molecule has 1 aromatic heterocycles. The average Bonchev–Trinajstić information content (AvgIpc) is 2.37. The summed E-state index contributed by atoms with van der Waals surface area (Å²) >= 11 is 0. The summed E-state index contributed by atoms with van der Waals surface area (Å²) in [6, 6.07) is 3.93. The second kappa shape index (κ2) is 5.41. The molecule has 0 amide bonds. The lowest BCUT2D eigenvalue weighted by Crippen LogP contribution is -2.12. The molecular formula is C12H10F4N4. The number of nitrogens with two attached hydrogens (primary N) is 1. The molecule has 0 aliphatic heterocycles. The normalized spacial score (nSPS) is 11.4. The van der Waals surface area contributed by atoms with Crippen molar-refractivity contribution in [1.29, 1.82) is 0 Å². The van der Waals surface area contributed by atoms with Gasteiger partial charge in [0, 0.05) is 12.0 Å². The number of hydrogen-bond acceptors (Lipinski definition) is 4. The third-order valence-corrected chi connectivity index (χ3v) is 2.62. The fraction of sp³-hybridized carbons (Fsp3) is 0.167. The maximum absolute atomic E-state index is 13.3. The highest BCUT2D eigenvalue weighted by Gasteiger charge is 2.31. The Morgan fingerprint density at radius 1 is 1.20 bits per heavy atom. The first kappa shape index (κ1) is 14.2. The minimum Gasteiger partial charge on any atom is -0.307 e. The van der Waals surface area contributed by atoms with Gasteiger partial charge in [-0.25, -0.2) is 10.2 Å². The van der Waals surface area contributed by atoms with Crippen LogP contribution in [0, 0.1) is 5.82 Å². The van der Waals surface area contributed by atoms with Crippen LogP contribution in [0.2, 0.25) is 0 Å².